The summed E-state index contributed by atoms with van der Waals surface area (Å²) in [6, 6.07) is 5.79. The fourth-order valence-corrected chi connectivity index (χ4v) is 2.05. The Kier molecular flexibility index (Phi) is 3.67. The van der Waals surface area contributed by atoms with Gasteiger partial charge in [0.1, 0.15) is 5.75 Å². The number of hydrogen-bond acceptors (Lipinski definition) is 3. The van der Waals surface area contributed by atoms with Gasteiger partial charge < -0.3 is 14.6 Å². The van der Waals surface area contributed by atoms with E-state index < -0.39 is 0 Å². The number of ether oxygens (including phenoxy) is 1. The number of aromatic nitrogens is 1. The summed E-state index contributed by atoms with van der Waals surface area (Å²) in [6.07, 6.45) is 1.88. The van der Waals surface area contributed by atoms with Crippen LogP contribution in [0.4, 0.5) is 0 Å². The highest BCUT2D eigenvalue weighted by molar-refractivity contribution is 6.09. The predicted molar refractivity (Wildman–Crippen MR) is 72.3 cm³/mol. The van der Waals surface area contributed by atoms with Crippen LogP contribution in [0.2, 0.25) is 0 Å². The highest BCUT2D eigenvalue weighted by Crippen LogP contribution is 2.25. The van der Waals surface area contributed by atoms with Gasteiger partial charge in [-0.3, -0.25) is 4.79 Å². The molecule has 0 fully saturated rings. The third kappa shape index (κ3) is 2.24. The topological polar surface area (TPSA) is 43.3 Å². The number of methoxy groups -OCH3 is 1. The van der Waals surface area contributed by atoms with E-state index >= 15 is 0 Å². The first-order chi connectivity index (χ1) is 8.67. The van der Waals surface area contributed by atoms with Gasteiger partial charge in [0.2, 0.25) is 0 Å². The van der Waals surface area contributed by atoms with Gasteiger partial charge in [0.05, 0.1) is 13.7 Å². The molecule has 0 aliphatic heterocycles. The summed E-state index contributed by atoms with van der Waals surface area (Å²) in [6.45, 7) is 3.14. The second kappa shape index (κ2) is 5.23. The molecule has 0 aliphatic carbocycles. The number of rotatable bonds is 5. The molecule has 0 radical (unpaired) electrons. The van der Waals surface area contributed by atoms with Gasteiger partial charge in [0, 0.05) is 29.7 Å². The summed E-state index contributed by atoms with van der Waals surface area (Å²) in [5, 5.41) is 4.00. The molecule has 0 saturated heterocycles. The third-order valence-corrected chi connectivity index (χ3v) is 3.03. The van der Waals surface area contributed by atoms with Crippen LogP contribution in [-0.2, 0) is 7.05 Å². The number of ketones is 1. The van der Waals surface area contributed by atoms with Crippen molar-refractivity contribution in [1.82, 2.24) is 9.88 Å². The number of aryl methyl sites for hydroxylation is 1. The minimum atomic E-state index is 0.107. The first kappa shape index (κ1) is 12.6. The Hall–Kier alpha value is -1.81. The number of benzene rings is 1. The molecule has 0 bridgehead atoms. The first-order valence-corrected chi connectivity index (χ1v) is 6.04. The maximum Gasteiger partial charge on any atom is 0.178 e. The fraction of sp³-hybridized carbons (Fsp3) is 0.357. The number of likely N-dealkylation sites (N-methyl/N-ethyl adjacent to an activating group) is 1. The van der Waals surface area contributed by atoms with Crippen molar-refractivity contribution in [2.45, 2.75) is 6.92 Å². The molecular formula is C14H18N2O2. The van der Waals surface area contributed by atoms with Gasteiger partial charge in [0.25, 0.3) is 0 Å². The van der Waals surface area contributed by atoms with Gasteiger partial charge >= 0.3 is 0 Å². The largest absolute Gasteiger partial charge is 0.497 e. The number of nitrogens with zero attached hydrogens (tertiary/aromatic N) is 1. The molecule has 0 spiro atoms. The number of nitrogens with one attached hydrogen (secondary N) is 1. The molecule has 2 aromatic rings. The van der Waals surface area contributed by atoms with Crippen LogP contribution in [0, 0.1) is 0 Å². The lowest BCUT2D eigenvalue weighted by Crippen LogP contribution is -2.22. The zero-order valence-electron chi connectivity index (χ0n) is 11.0. The highest BCUT2D eigenvalue weighted by atomic mass is 16.5. The average Bonchev–Trinajstić information content (AvgIpc) is 2.73. The molecule has 0 unspecified atom stereocenters. The maximum atomic E-state index is 12.1. The summed E-state index contributed by atoms with van der Waals surface area (Å²) in [5.74, 6) is 0.877. The molecule has 1 aromatic carbocycles. The van der Waals surface area contributed by atoms with Crippen molar-refractivity contribution in [2.24, 2.45) is 7.05 Å². The normalized spacial score (nSPS) is 10.8. The monoisotopic (exact) mass is 246 g/mol. The maximum absolute atomic E-state index is 12.1. The zero-order valence-corrected chi connectivity index (χ0v) is 11.0. The molecule has 0 saturated carbocycles. The van der Waals surface area contributed by atoms with Gasteiger partial charge in [-0.15, -0.1) is 0 Å². The molecule has 1 heterocycles. The van der Waals surface area contributed by atoms with E-state index in [9.17, 15) is 4.79 Å². The predicted octanol–water partition coefficient (Wildman–Crippen LogP) is 1.98. The zero-order chi connectivity index (χ0) is 13.1. The van der Waals surface area contributed by atoms with Crippen LogP contribution in [-0.4, -0.2) is 30.5 Å². The van der Waals surface area contributed by atoms with E-state index in [2.05, 4.69) is 5.32 Å². The second-order valence-corrected chi connectivity index (χ2v) is 4.24. The van der Waals surface area contributed by atoms with E-state index in [-0.39, 0.29) is 5.78 Å². The van der Waals surface area contributed by atoms with Crippen molar-refractivity contribution in [1.29, 1.82) is 0 Å². The molecule has 96 valence electrons. The minimum Gasteiger partial charge on any atom is -0.497 e. The second-order valence-electron chi connectivity index (χ2n) is 4.24. The van der Waals surface area contributed by atoms with Crippen molar-refractivity contribution >= 4 is 16.7 Å². The van der Waals surface area contributed by atoms with Crippen LogP contribution in [0.3, 0.4) is 0 Å². The number of fused-ring (bicyclic) bond motifs is 1. The Morgan fingerprint density at radius 2 is 2.22 bits per heavy atom. The number of carbonyl (C=O) groups excluding carboxylic acids is 1. The van der Waals surface area contributed by atoms with Crippen molar-refractivity contribution in [2.75, 3.05) is 20.2 Å². The summed E-state index contributed by atoms with van der Waals surface area (Å²) in [4.78, 5) is 12.1. The van der Waals surface area contributed by atoms with Crippen LogP contribution >= 0.6 is 0 Å². The average molecular weight is 246 g/mol. The minimum absolute atomic E-state index is 0.107. The Labute approximate surface area is 107 Å². The molecule has 4 nitrogen and oxygen atoms in total. The van der Waals surface area contributed by atoms with Crippen LogP contribution in [0.25, 0.3) is 10.9 Å². The van der Waals surface area contributed by atoms with E-state index in [0.717, 1.165) is 28.8 Å². The fourth-order valence-electron chi connectivity index (χ4n) is 2.05. The van der Waals surface area contributed by atoms with Crippen molar-refractivity contribution < 1.29 is 9.53 Å². The summed E-state index contributed by atoms with van der Waals surface area (Å²) in [7, 11) is 3.57. The van der Waals surface area contributed by atoms with Gasteiger partial charge in [-0.25, -0.2) is 0 Å². The van der Waals surface area contributed by atoms with Crippen molar-refractivity contribution in [3.63, 3.8) is 0 Å². The molecule has 2 rings (SSSR count). The molecule has 4 heteroatoms. The van der Waals surface area contributed by atoms with Gasteiger partial charge in [-0.05, 0) is 24.7 Å². The lowest BCUT2D eigenvalue weighted by molar-refractivity contribution is 0.0993. The molecule has 0 amide bonds. The van der Waals surface area contributed by atoms with Crippen molar-refractivity contribution in [3.05, 3.63) is 30.0 Å². The molecule has 0 atom stereocenters. The quantitative estimate of drug-likeness (QED) is 0.820. The lowest BCUT2D eigenvalue weighted by Gasteiger charge is -2.02. The van der Waals surface area contributed by atoms with Crippen LogP contribution in [0.15, 0.2) is 24.4 Å². The van der Waals surface area contributed by atoms with E-state index in [1.54, 1.807) is 7.11 Å². The molecule has 0 aliphatic rings. The number of hydrogen-bond donors (Lipinski definition) is 1. The Morgan fingerprint density at radius 3 is 2.89 bits per heavy atom. The van der Waals surface area contributed by atoms with Gasteiger partial charge in [-0.2, -0.15) is 0 Å². The third-order valence-electron chi connectivity index (χ3n) is 3.03. The molecular weight excluding hydrogens is 228 g/mol. The Morgan fingerprint density at radius 1 is 1.44 bits per heavy atom. The number of Topliss-reactive ketones (excluding diaryl/α,β-unsaturated/α-hetero) is 1. The lowest BCUT2D eigenvalue weighted by atomic mass is 10.1. The van der Waals surface area contributed by atoms with Gasteiger partial charge in [-0.1, -0.05) is 6.92 Å². The van der Waals surface area contributed by atoms with Crippen LogP contribution in [0.5, 0.6) is 5.75 Å². The molecule has 18 heavy (non-hydrogen) atoms. The Bertz CT molecular complexity index is 572. The smallest absolute Gasteiger partial charge is 0.178 e. The van der Waals surface area contributed by atoms with Gasteiger partial charge in [0.15, 0.2) is 5.78 Å². The first-order valence-electron chi connectivity index (χ1n) is 6.04. The standard InChI is InChI=1S/C14H18N2O2/c1-4-15-8-14(17)12-9-16(2)13-6-5-10(18-3)7-11(12)13/h5-7,9,15H,4,8H2,1-3H3. The molecule has 1 aromatic heterocycles. The summed E-state index contributed by atoms with van der Waals surface area (Å²) in [5.41, 5.74) is 1.78. The molecule has 1 N–H and O–H groups in total. The van der Waals surface area contributed by atoms with Crippen LogP contribution < -0.4 is 10.1 Å². The summed E-state index contributed by atoms with van der Waals surface area (Å²) < 4.78 is 7.18. The number of carbonyl (C=O) groups is 1. The van der Waals surface area contributed by atoms with E-state index in [4.69, 9.17) is 4.74 Å². The Balaban J connectivity index is 2.46. The van der Waals surface area contributed by atoms with Crippen LogP contribution in [0.1, 0.15) is 17.3 Å². The SMILES string of the molecule is CCNCC(=O)c1cn(C)c2ccc(OC)cc12. The van der Waals surface area contributed by atoms with E-state index in [1.807, 2.05) is 42.9 Å². The van der Waals surface area contributed by atoms with E-state index in [1.165, 1.54) is 0 Å². The van der Waals surface area contributed by atoms with Crippen molar-refractivity contribution in [3.8, 4) is 5.75 Å². The van der Waals surface area contributed by atoms with E-state index in [0.29, 0.717) is 6.54 Å². The highest BCUT2D eigenvalue weighted by Gasteiger charge is 2.13. The summed E-state index contributed by atoms with van der Waals surface area (Å²) >= 11 is 0.